The number of amides is 1. The number of benzene rings is 1. The van der Waals surface area contributed by atoms with E-state index in [0.29, 0.717) is 12.1 Å². The first-order valence-corrected chi connectivity index (χ1v) is 8.28. The number of Topliss-reactive ketones (excluding diaryl/α,β-unsaturated/α-hetero) is 1. The Morgan fingerprint density at radius 2 is 1.74 bits per heavy atom. The Kier molecular flexibility index (Phi) is 6.60. The monoisotopic (exact) mass is 312 g/mol. The summed E-state index contributed by atoms with van der Waals surface area (Å²) in [5.74, 6) is -0.863. The summed E-state index contributed by atoms with van der Waals surface area (Å²) in [5.41, 5.74) is 1.58. The lowest BCUT2D eigenvalue weighted by Crippen LogP contribution is -2.22. The number of anilines is 1. The van der Waals surface area contributed by atoms with Gasteiger partial charge in [-0.3, -0.25) is 9.59 Å². The number of rotatable bonds is 9. The molecule has 1 aromatic carbocycles. The number of nitrogens with one attached hydrogen (secondary N) is 1. The average Bonchev–Trinajstić information content (AvgIpc) is 3.09. The van der Waals surface area contributed by atoms with E-state index in [-0.39, 0.29) is 5.78 Å². The molecular formula is C19H24N2O2. The molecule has 0 fully saturated rings. The van der Waals surface area contributed by atoms with Crippen molar-refractivity contribution in [2.75, 3.05) is 5.32 Å². The lowest BCUT2D eigenvalue weighted by Gasteiger charge is -2.08. The predicted octanol–water partition coefficient (Wildman–Crippen LogP) is 4.35. The molecule has 0 aliphatic rings. The first kappa shape index (κ1) is 17.0. The van der Waals surface area contributed by atoms with Crippen molar-refractivity contribution in [3.63, 3.8) is 0 Å². The van der Waals surface area contributed by atoms with E-state index in [1.165, 1.54) is 12.8 Å². The predicted molar refractivity (Wildman–Crippen MR) is 92.8 cm³/mol. The highest BCUT2D eigenvalue weighted by molar-refractivity contribution is 6.40. The highest BCUT2D eigenvalue weighted by Crippen LogP contribution is 2.15. The van der Waals surface area contributed by atoms with Gasteiger partial charge in [0.2, 0.25) is 5.78 Å². The number of carbonyl (C=O) groups excluding carboxylic acids is 2. The first-order chi connectivity index (χ1) is 11.2. The molecule has 1 heterocycles. The van der Waals surface area contributed by atoms with Crippen molar-refractivity contribution < 1.29 is 9.59 Å². The maximum Gasteiger partial charge on any atom is 0.291 e. The summed E-state index contributed by atoms with van der Waals surface area (Å²) in [5, 5.41) is 2.69. The van der Waals surface area contributed by atoms with E-state index >= 15 is 0 Å². The fraction of sp³-hybridized carbons (Fsp3) is 0.368. The Morgan fingerprint density at radius 1 is 1.00 bits per heavy atom. The maximum atomic E-state index is 12.0. The molecule has 0 saturated carbocycles. The second kappa shape index (κ2) is 8.93. The van der Waals surface area contributed by atoms with E-state index in [1.54, 1.807) is 6.07 Å². The molecule has 2 aromatic rings. The zero-order valence-electron chi connectivity index (χ0n) is 13.6. The van der Waals surface area contributed by atoms with Gasteiger partial charge in [0.15, 0.2) is 0 Å². The number of hydrogen-bond acceptors (Lipinski definition) is 2. The van der Waals surface area contributed by atoms with Gasteiger partial charge in [-0.1, -0.05) is 38.7 Å². The van der Waals surface area contributed by atoms with E-state index in [4.69, 9.17) is 0 Å². The summed E-state index contributed by atoms with van der Waals surface area (Å²) in [6, 6.07) is 11.3. The second-order valence-electron chi connectivity index (χ2n) is 5.68. The highest BCUT2D eigenvalue weighted by Gasteiger charge is 2.13. The number of carbonyl (C=O) groups is 2. The third kappa shape index (κ3) is 5.40. The van der Waals surface area contributed by atoms with E-state index in [0.717, 1.165) is 24.9 Å². The van der Waals surface area contributed by atoms with Gasteiger partial charge in [0.05, 0.1) is 0 Å². The number of aromatic nitrogens is 1. The van der Waals surface area contributed by atoms with Gasteiger partial charge in [0.25, 0.3) is 5.91 Å². The minimum Gasteiger partial charge on any atom is -0.324 e. The summed E-state index contributed by atoms with van der Waals surface area (Å²) < 4.78 is 1.95. The van der Waals surface area contributed by atoms with Crippen molar-refractivity contribution in [3.05, 3.63) is 48.8 Å². The molecule has 4 heteroatoms. The van der Waals surface area contributed by atoms with Crippen LogP contribution in [0.15, 0.2) is 48.8 Å². The standard InChI is InChI=1S/C19H24N2O2/c1-2-3-4-5-6-12-18(22)19(23)20-16-10-9-11-17(15-16)21-13-7-8-14-21/h7-11,13-15H,2-6,12H2,1H3,(H,20,23). The van der Waals surface area contributed by atoms with Crippen LogP contribution in [0.25, 0.3) is 5.69 Å². The summed E-state index contributed by atoms with van der Waals surface area (Å²) in [4.78, 5) is 23.8. The lowest BCUT2D eigenvalue weighted by molar-refractivity contribution is -0.134. The molecular weight excluding hydrogens is 288 g/mol. The van der Waals surface area contributed by atoms with Gasteiger partial charge in [-0.2, -0.15) is 0 Å². The van der Waals surface area contributed by atoms with Crippen molar-refractivity contribution in [3.8, 4) is 5.69 Å². The summed E-state index contributed by atoms with van der Waals surface area (Å²) in [6.07, 6.45) is 9.48. The molecule has 1 aromatic heterocycles. The molecule has 0 saturated heterocycles. The van der Waals surface area contributed by atoms with Gasteiger partial charge >= 0.3 is 0 Å². The zero-order valence-corrected chi connectivity index (χ0v) is 13.6. The Morgan fingerprint density at radius 3 is 2.48 bits per heavy atom. The third-order valence-corrected chi connectivity index (χ3v) is 3.77. The van der Waals surface area contributed by atoms with Crippen LogP contribution in [0.3, 0.4) is 0 Å². The first-order valence-electron chi connectivity index (χ1n) is 8.28. The second-order valence-corrected chi connectivity index (χ2v) is 5.68. The molecule has 0 aliphatic heterocycles. The van der Waals surface area contributed by atoms with Crippen LogP contribution in [0, 0.1) is 0 Å². The van der Waals surface area contributed by atoms with E-state index in [2.05, 4.69) is 12.2 Å². The van der Waals surface area contributed by atoms with Crippen LogP contribution in [-0.2, 0) is 9.59 Å². The van der Waals surface area contributed by atoms with Crippen LogP contribution >= 0.6 is 0 Å². The van der Waals surface area contributed by atoms with Crippen molar-refractivity contribution in [2.45, 2.75) is 45.4 Å². The fourth-order valence-electron chi connectivity index (χ4n) is 2.45. The van der Waals surface area contributed by atoms with Crippen LogP contribution in [0.2, 0.25) is 0 Å². The molecule has 0 spiro atoms. The summed E-state index contributed by atoms with van der Waals surface area (Å²) in [7, 11) is 0. The normalized spacial score (nSPS) is 10.5. The zero-order chi connectivity index (χ0) is 16.5. The Balaban J connectivity index is 1.85. The lowest BCUT2D eigenvalue weighted by atomic mass is 10.1. The number of unbranched alkanes of at least 4 members (excludes halogenated alkanes) is 4. The van der Waals surface area contributed by atoms with Crippen LogP contribution in [0.1, 0.15) is 45.4 Å². The van der Waals surface area contributed by atoms with Gasteiger partial charge in [-0.25, -0.2) is 0 Å². The fourth-order valence-corrected chi connectivity index (χ4v) is 2.45. The molecule has 1 N–H and O–H groups in total. The molecule has 0 atom stereocenters. The van der Waals surface area contributed by atoms with Gasteiger partial charge in [0, 0.05) is 30.2 Å². The quantitative estimate of drug-likeness (QED) is 0.553. The Hall–Kier alpha value is -2.36. The largest absolute Gasteiger partial charge is 0.324 e. The van der Waals surface area contributed by atoms with Crippen LogP contribution < -0.4 is 5.32 Å². The highest BCUT2D eigenvalue weighted by atomic mass is 16.2. The number of nitrogens with zero attached hydrogens (tertiary/aromatic N) is 1. The minimum atomic E-state index is -0.523. The minimum absolute atomic E-state index is 0.326. The van der Waals surface area contributed by atoms with Crippen molar-refractivity contribution >= 4 is 17.4 Å². The maximum absolute atomic E-state index is 12.0. The Bertz CT molecular complexity index is 633. The smallest absolute Gasteiger partial charge is 0.291 e. The Labute approximate surface area is 137 Å². The molecule has 2 rings (SSSR count). The topological polar surface area (TPSA) is 51.1 Å². The van der Waals surface area contributed by atoms with Crippen LogP contribution in [0.5, 0.6) is 0 Å². The van der Waals surface area contributed by atoms with Crippen molar-refractivity contribution in [1.82, 2.24) is 4.57 Å². The van der Waals surface area contributed by atoms with Gasteiger partial charge in [-0.15, -0.1) is 0 Å². The average molecular weight is 312 g/mol. The van der Waals surface area contributed by atoms with Crippen molar-refractivity contribution in [2.24, 2.45) is 0 Å². The van der Waals surface area contributed by atoms with Crippen LogP contribution in [-0.4, -0.2) is 16.3 Å². The molecule has 4 nitrogen and oxygen atoms in total. The molecule has 0 unspecified atom stereocenters. The molecule has 1 amide bonds. The number of ketones is 1. The molecule has 0 radical (unpaired) electrons. The van der Waals surface area contributed by atoms with E-state index in [1.807, 2.05) is 47.3 Å². The molecule has 23 heavy (non-hydrogen) atoms. The van der Waals surface area contributed by atoms with E-state index < -0.39 is 5.91 Å². The number of hydrogen-bond donors (Lipinski definition) is 1. The van der Waals surface area contributed by atoms with Gasteiger partial charge in [-0.05, 0) is 36.8 Å². The summed E-state index contributed by atoms with van der Waals surface area (Å²) >= 11 is 0. The van der Waals surface area contributed by atoms with Gasteiger partial charge in [0.1, 0.15) is 0 Å². The molecule has 0 bridgehead atoms. The SMILES string of the molecule is CCCCCCCC(=O)C(=O)Nc1cccc(-n2cccc2)c1. The van der Waals surface area contributed by atoms with Crippen LogP contribution in [0.4, 0.5) is 5.69 Å². The van der Waals surface area contributed by atoms with Gasteiger partial charge < -0.3 is 9.88 Å². The third-order valence-electron chi connectivity index (χ3n) is 3.77. The van der Waals surface area contributed by atoms with E-state index in [9.17, 15) is 9.59 Å². The van der Waals surface area contributed by atoms with Crippen molar-refractivity contribution in [1.29, 1.82) is 0 Å². The molecule has 122 valence electrons. The summed E-state index contributed by atoms with van der Waals surface area (Å²) in [6.45, 7) is 2.15. The molecule has 0 aliphatic carbocycles.